The van der Waals surface area contributed by atoms with Gasteiger partial charge in [-0.15, -0.1) is 0 Å². The van der Waals surface area contributed by atoms with E-state index in [0.717, 1.165) is 38.8 Å². The van der Waals surface area contributed by atoms with Gasteiger partial charge in [0.1, 0.15) is 0 Å². The Morgan fingerprint density at radius 3 is 2.74 bits per heavy atom. The Bertz CT molecular complexity index is 407. The van der Waals surface area contributed by atoms with Gasteiger partial charge in [0.25, 0.3) is 0 Å². The number of rotatable bonds is 4. The summed E-state index contributed by atoms with van der Waals surface area (Å²) < 4.78 is 23.7. The maximum absolute atomic E-state index is 11.8. The Morgan fingerprint density at radius 1 is 1.32 bits per heavy atom. The van der Waals surface area contributed by atoms with Crippen LogP contribution in [0.3, 0.4) is 0 Å². The highest BCUT2D eigenvalue weighted by molar-refractivity contribution is 7.92. The lowest BCUT2D eigenvalue weighted by Crippen LogP contribution is -2.54. The molecule has 2 fully saturated rings. The number of aliphatic hydroxyl groups is 1. The van der Waals surface area contributed by atoms with E-state index in [-0.39, 0.29) is 11.0 Å². The number of piperidine rings is 1. The van der Waals surface area contributed by atoms with Crippen LogP contribution in [0.25, 0.3) is 0 Å². The molecular weight excluding hydrogens is 262 g/mol. The van der Waals surface area contributed by atoms with Gasteiger partial charge in [0.05, 0.1) is 16.6 Å². The minimum Gasteiger partial charge on any atom is -0.390 e. The van der Waals surface area contributed by atoms with E-state index in [1.54, 1.807) is 13.8 Å². The van der Waals surface area contributed by atoms with Gasteiger partial charge in [-0.3, -0.25) is 0 Å². The molecule has 4 nitrogen and oxygen atoms in total. The zero-order valence-corrected chi connectivity index (χ0v) is 13.0. The van der Waals surface area contributed by atoms with Crippen LogP contribution in [0, 0.1) is 5.92 Å². The molecule has 2 atom stereocenters. The summed E-state index contributed by atoms with van der Waals surface area (Å²) in [5.41, 5.74) is -0.467. The van der Waals surface area contributed by atoms with Crippen molar-refractivity contribution in [1.29, 1.82) is 0 Å². The summed E-state index contributed by atoms with van der Waals surface area (Å²) in [7, 11) is -2.95. The number of hydrogen-bond acceptors (Lipinski definition) is 4. The number of nitrogens with zero attached hydrogens (tertiary/aromatic N) is 1. The zero-order valence-electron chi connectivity index (χ0n) is 12.1. The van der Waals surface area contributed by atoms with Crippen molar-refractivity contribution < 1.29 is 13.5 Å². The monoisotopic (exact) mass is 289 g/mol. The summed E-state index contributed by atoms with van der Waals surface area (Å²) in [4.78, 5) is 2.23. The van der Waals surface area contributed by atoms with Crippen molar-refractivity contribution in [3.63, 3.8) is 0 Å². The van der Waals surface area contributed by atoms with Crippen LogP contribution in [0.1, 0.15) is 46.0 Å². The van der Waals surface area contributed by atoms with Gasteiger partial charge in [-0.2, -0.15) is 0 Å². The molecule has 112 valence electrons. The highest BCUT2D eigenvalue weighted by Crippen LogP contribution is 2.39. The second-order valence-corrected chi connectivity index (χ2v) is 9.19. The third-order valence-electron chi connectivity index (χ3n) is 4.92. The van der Waals surface area contributed by atoms with E-state index in [2.05, 4.69) is 4.90 Å². The van der Waals surface area contributed by atoms with Crippen LogP contribution in [0.4, 0.5) is 0 Å². The Kier molecular flexibility index (Phi) is 4.58. The SMILES string of the molecule is CC(C)S(=O)(=O)CCN1CCC2(O)CCCCC2C1. The second-order valence-electron chi connectivity index (χ2n) is 6.51. The van der Waals surface area contributed by atoms with Crippen molar-refractivity contribution >= 4 is 9.84 Å². The molecule has 1 saturated carbocycles. The lowest BCUT2D eigenvalue weighted by Gasteiger charge is -2.47. The molecule has 1 aliphatic carbocycles. The van der Waals surface area contributed by atoms with Gasteiger partial charge in [-0.25, -0.2) is 8.42 Å². The smallest absolute Gasteiger partial charge is 0.153 e. The van der Waals surface area contributed by atoms with E-state index in [1.165, 1.54) is 6.42 Å². The molecular formula is C14H27NO3S. The third-order valence-corrected chi connectivity index (χ3v) is 7.11. The molecule has 5 heteroatoms. The van der Waals surface area contributed by atoms with E-state index in [4.69, 9.17) is 0 Å². The fraction of sp³-hybridized carbons (Fsp3) is 1.00. The topological polar surface area (TPSA) is 57.6 Å². The van der Waals surface area contributed by atoms with E-state index in [9.17, 15) is 13.5 Å². The Balaban J connectivity index is 1.88. The van der Waals surface area contributed by atoms with E-state index in [1.807, 2.05) is 0 Å². The van der Waals surface area contributed by atoms with Crippen LogP contribution >= 0.6 is 0 Å². The number of fused-ring (bicyclic) bond motifs is 1. The first-order valence-corrected chi connectivity index (χ1v) is 9.21. The van der Waals surface area contributed by atoms with Gasteiger partial charge in [-0.1, -0.05) is 12.8 Å². The van der Waals surface area contributed by atoms with E-state index < -0.39 is 15.4 Å². The van der Waals surface area contributed by atoms with Gasteiger partial charge in [0, 0.05) is 25.6 Å². The van der Waals surface area contributed by atoms with Crippen LogP contribution in [0.2, 0.25) is 0 Å². The van der Waals surface area contributed by atoms with Gasteiger partial charge < -0.3 is 10.0 Å². The van der Waals surface area contributed by atoms with E-state index >= 15 is 0 Å². The maximum atomic E-state index is 11.8. The summed E-state index contributed by atoms with van der Waals surface area (Å²) in [6, 6.07) is 0. The van der Waals surface area contributed by atoms with Crippen molar-refractivity contribution in [3.05, 3.63) is 0 Å². The molecule has 0 spiro atoms. The van der Waals surface area contributed by atoms with Gasteiger partial charge in [-0.05, 0) is 33.1 Å². The molecule has 0 radical (unpaired) electrons. The molecule has 1 saturated heterocycles. The van der Waals surface area contributed by atoms with Crippen molar-refractivity contribution in [1.82, 2.24) is 4.90 Å². The molecule has 1 heterocycles. The van der Waals surface area contributed by atoms with Crippen LogP contribution in [0.5, 0.6) is 0 Å². The molecule has 0 aromatic rings. The second kappa shape index (κ2) is 5.70. The number of hydrogen-bond donors (Lipinski definition) is 1. The molecule has 0 bridgehead atoms. The summed E-state index contributed by atoms with van der Waals surface area (Å²) in [6.45, 7) is 5.80. The summed E-state index contributed by atoms with van der Waals surface area (Å²) >= 11 is 0. The molecule has 2 aliphatic rings. The first kappa shape index (κ1) is 15.3. The van der Waals surface area contributed by atoms with Crippen LogP contribution in [0.15, 0.2) is 0 Å². The molecule has 0 aromatic carbocycles. The summed E-state index contributed by atoms with van der Waals surface area (Å²) in [5.74, 6) is 0.590. The minimum atomic E-state index is -2.95. The van der Waals surface area contributed by atoms with Crippen LogP contribution in [-0.2, 0) is 9.84 Å². The summed E-state index contributed by atoms with van der Waals surface area (Å²) in [5, 5.41) is 10.3. The fourth-order valence-corrected chi connectivity index (χ4v) is 4.32. The highest BCUT2D eigenvalue weighted by atomic mass is 32.2. The largest absolute Gasteiger partial charge is 0.390 e. The maximum Gasteiger partial charge on any atom is 0.153 e. The Morgan fingerprint density at radius 2 is 2.05 bits per heavy atom. The third kappa shape index (κ3) is 3.50. The molecule has 2 unspecified atom stereocenters. The molecule has 0 aromatic heterocycles. The lowest BCUT2D eigenvalue weighted by molar-refractivity contribution is -0.0942. The van der Waals surface area contributed by atoms with Crippen LogP contribution in [-0.4, -0.2) is 54.7 Å². The zero-order chi connectivity index (χ0) is 14.1. The Hall–Kier alpha value is -0.130. The quantitative estimate of drug-likeness (QED) is 0.851. The predicted molar refractivity (Wildman–Crippen MR) is 76.9 cm³/mol. The average molecular weight is 289 g/mol. The number of sulfone groups is 1. The normalized spacial score (nSPS) is 33.4. The van der Waals surface area contributed by atoms with Gasteiger partial charge in [0.15, 0.2) is 9.84 Å². The standard InChI is InChI=1S/C14H27NO3S/c1-12(2)19(17,18)10-9-15-8-7-14(16)6-4-3-5-13(14)11-15/h12-13,16H,3-11H2,1-2H3. The molecule has 1 aliphatic heterocycles. The van der Waals surface area contributed by atoms with E-state index in [0.29, 0.717) is 12.5 Å². The fourth-order valence-electron chi connectivity index (χ4n) is 3.33. The highest BCUT2D eigenvalue weighted by Gasteiger charge is 2.42. The van der Waals surface area contributed by atoms with Crippen LogP contribution < -0.4 is 0 Å². The van der Waals surface area contributed by atoms with Gasteiger partial charge in [0.2, 0.25) is 0 Å². The van der Waals surface area contributed by atoms with Crippen molar-refractivity contribution in [2.24, 2.45) is 5.92 Å². The van der Waals surface area contributed by atoms with Crippen molar-refractivity contribution in [3.8, 4) is 0 Å². The molecule has 19 heavy (non-hydrogen) atoms. The predicted octanol–water partition coefficient (Wildman–Crippen LogP) is 1.44. The molecule has 0 amide bonds. The lowest BCUT2D eigenvalue weighted by atomic mass is 9.71. The Labute approximate surface area is 117 Å². The first-order valence-electron chi connectivity index (χ1n) is 7.50. The van der Waals surface area contributed by atoms with Gasteiger partial charge >= 0.3 is 0 Å². The minimum absolute atomic E-state index is 0.246. The van der Waals surface area contributed by atoms with Crippen molar-refractivity contribution in [2.45, 2.75) is 56.8 Å². The summed E-state index contributed by atoms with van der Waals surface area (Å²) in [6.07, 6.45) is 5.15. The average Bonchev–Trinajstić information content (AvgIpc) is 2.36. The molecule has 1 N–H and O–H groups in total. The number of likely N-dealkylation sites (tertiary alicyclic amines) is 1. The van der Waals surface area contributed by atoms with Crippen molar-refractivity contribution in [2.75, 3.05) is 25.4 Å². The molecule has 2 rings (SSSR count). The first-order chi connectivity index (χ1) is 8.83.